The van der Waals surface area contributed by atoms with Crippen molar-refractivity contribution in [2.75, 3.05) is 19.0 Å². The van der Waals surface area contributed by atoms with E-state index < -0.39 is 5.97 Å². The van der Waals surface area contributed by atoms with Crippen LogP contribution in [-0.4, -0.2) is 34.7 Å². The van der Waals surface area contributed by atoms with Gasteiger partial charge in [-0.25, -0.2) is 14.8 Å². The number of carbonyl (C=O) groups is 1. The third-order valence-electron chi connectivity index (χ3n) is 4.18. The molecule has 2 N–H and O–H groups in total. The predicted molar refractivity (Wildman–Crippen MR) is 104 cm³/mol. The molecule has 7 nitrogen and oxygen atoms in total. The zero-order valence-corrected chi connectivity index (χ0v) is 15.2. The third-order valence-corrected chi connectivity index (χ3v) is 4.18. The molecular formula is C21H18N4O3. The lowest BCUT2D eigenvalue weighted by molar-refractivity contribution is 0.0697. The monoisotopic (exact) mass is 374 g/mol. The highest BCUT2D eigenvalue weighted by Crippen LogP contribution is 2.23. The van der Waals surface area contributed by atoms with E-state index in [4.69, 9.17) is 10.00 Å². The van der Waals surface area contributed by atoms with E-state index in [-0.39, 0.29) is 5.56 Å². The summed E-state index contributed by atoms with van der Waals surface area (Å²) in [5.41, 5.74) is 2.44. The van der Waals surface area contributed by atoms with Crippen molar-refractivity contribution in [2.24, 2.45) is 0 Å². The molecule has 0 bridgehead atoms. The van der Waals surface area contributed by atoms with Gasteiger partial charge in [-0.2, -0.15) is 5.26 Å². The number of carboxylic acid groups (broad SMARTS) is 1. The molecular weight excluding hydrogens is 356 g/mol. The average molecular weight is 374 g/mol. The first-order chi connectivity index (χ1) is 13.6. The van der Waals surface area contributed by atoms with Crippen LogP contribution < -0.4 is 10.1 Å². The fourth-order valence-electron chi connectivity index (χ4n) is 2.76. The summed E-state index contributed by atoms with van der Waals surface area (Å²) in [6, 6.07) is 16.4. The molecule has 0 atom stereocenters. The van der Waals surface area contributed by atoms with Gasteiger partial charge in [0.05, 0.1) is 24.4 Å². The molecule has 1 aromatic heterocycles. The van der Waals surface area contributed by atoms with Crippen LogP contribution >= 0.6 is 0 Å². The van der Waals surface area contributed by atoms with Crippen LogP contribution in [0.15, 0.2) is 54.7 Å². The number of hydrogen-bond acceptors (Lipinski definition) is 6. The zero-order valence-electron chi connectivity index (χ0n) is 15.2. The number of hydrogen-bond donors (Lipinski definition) is 2. The van der Waals surface area contributed by atoms with Crippen molar-refractivity contribution in [1.82, 2.24) is 9.97 Å². The topological polar surface area (TPSA) is 108 Å². The first-order valence-corrected chi connectivity index (χ1v) is 8.59. The van der Waals surface area contributed by atoms with Gasteiger partial charge in [-0.05, 0) is 30.2 Å². The van der Waals surface area contributed by atoms with Gasteiger partial charge in [-0.1, -0.05) is 30.3 Å². The summed E-state index contributed by atoms with van der Waals surface area (Å²) in [4.78, 5) is 20.0. The van der Waals surface area contributed by atoms with Gasteiger partial charge in [0.15, 0.2) is 0 Å². The zero-order chi connectivity index (χ0) is 19.9. The minimum absolute atomic E-state index is 0.0000127. The Kier molecular flexibility index (Phi) is 5.82. The molecule has 0 aliphatic heterocycles. The van der Waals surface area contributed by atoms with Gasteiger partial charge in [0.25, 0.3) is 0 Å². The largest absolute Gasteiger partial charge is 0.496 e. The van der Waals surface area contributed by atoms with Gasteiger partial charge in [0.2, 0.25) is 5.95 Å². The van der Waals surface area contributed by atoms with Crippen LogP contribution in [0.3, 0.4) is 0 Å². The molecule has 0 fully saturated rings. The van der Waals surface area contributed by atoms with Crippen molar-refractivity contribution in [2.45, 2.75) is 6.42 Å². The van der Waals surface area contributed by atoms with E-state index in [0.29, 0.717) is 35.7 Å². The number of rotatable bonds is 7. The van der Waals surface area contributed by atoms with Gasteiger partial charge >= 0.3 is 5.97 Å². The van der Waals surface area contributed by atoms with Crippen LogP contribution in [0.5, 0.6) is 5.75 Å². The Morgan fingerprint density at radius 2 is 1.96 bits per heavy atom. The van der Waals surface area contributed by atoms with Crippen molar-refractivity contribution in [1.29, 1.82) is 5.26 Å². The van der Waals surface area contributed by atoms with Crippen molar-refractivity contribution >= 4 is 11.9 Å². The van der Waals surface area contributed by atoms with E-state index in [9.17, 15) is 9.90 Å². The molecule has 0 radical (unpaired) electrons. The van der Waals surface area contributed by atoms with Gasteiger partial charge in [0, 0.05) is 18.3 Å². The fourth-order valence-corrected chi connectivity index (χ4v) is 2.76. The maximum Gasteiger partial charge on any atom is 0.339 e. The number of anilines is 1. The second-order valence-electron chi connectivity index (χ2n) is 5.94. The summed E-state index contributed by atoms with van der Waals surface area (Å²) in [5, 5.41) is 21.5. The molecule has 1 heterocycles. The van der Waals surface area contributed by atoms with E-state index in [1.165, 1.54) is 6.20 Å². The maximum atomic E-state index is 11.5. The number of aromatic carboxylic acids is 1. The summed E-state index contributed by atoms with van der Waals surface area (Å²) in [6.45, 7) is 0.555. The van der Waals surface area contributed by atoms with Gasteiger partial charge < -0.3 is 15.2 Å². The van der Waals surface area contributed by atoms with E-state index in [1.54, 1.807) is 31.4 Å². The molecule has 0 amide bonds. The molecule has 28 heavy (non-hydrogen) atoms. The molecule has 0 aliphatic carbocycles. The first-order valence-electron chi connectivity index (χ1n) is 8.59. The molecule has 7 heteroatoms. The normalized spacial score (nSPS) is 10.1. The number of nitrogens with zero attached hydrogens (tertiary/aromatic N) is 3. The number of ether oxygens (including phenoxy) is 1. The Balaban J connectivity index is 1.80. The Labute approximate surface area is 162 Å². The van der Waals surface area contributed by atoms with Crippen LogP contribution in [0.2, 0.25) is 0 Å². The number of benzene rings is 2. The Bertz CT molecular complexity index is 1030. The molecule has 0 saturated heterocycles. The Hall–Kier alpha value is -3.92. The van der Waals surface area contributed by atoms with Crippen molar-refractivity contribution in [3.05, 3.63) is 71.4 Å². The van der Waals surface area contributed by atoms with Gasteiger partial charge in [0.1, 0.15) is 11.3 Å². The summed E-state index contributed by atoms with van der Waals surface area (Å²) < 4.78 is 5.34. The van der Waals surface area contributed by atoms with Gasteiger partial charge in [-0.3, -0.25) is 0 Å². The fraction of sp³-hybridized carbons (Fsp3) is 0.143. The SMILES string of the molecule is COc1ccccc1CCNc1ncc(C(=O)O)c(-c2ccc(C#N)cc2)n1. The lowest BCUT2D eigenvalue weighted by Crippen LogP contribution is -2.11. The van der Waals surface area contributed by atoms with E-state index >= 15 is 0 Å². The Morgan fingerprint density at radius 1 is 1.21 bits per heavy atom. The van der Waals surface area contributed by atoms with Crippen LogP contribution in [-0.2, 0) is 6.42 Å². The van der Waals surface area contributed by atoms with Crippen molar-refractivity contribution in [3.8, 4) is 23.1 Å². The van der Waals surface area contributed by atoms with Crippen LogP contribution in [0, 0.1) is 11.3 Å². The molecule has 3 aromatic rings. The van der Waals surface area contributed by atoms with E-state index in [0.717, 1.165) is 11.3 Å². The van der Waals surface area contributed by atoms with E-state index in [1.807, 2.05) is 30.3 Å². The average Bonchev–Trinajstić information content (AvgIpc) is 2.74. The summed E-state index contributed by atoms with van der Waals surface area (Å²) in [7, 11) is 1.63. The molecule has 0 saturated carbocycles. The number of aromatic nitrogens is 2. The summed E-state index contributed by atoms with van der Waals surface area (Å²) in [6.07, 6.45) is 1.98. The lowest BCUT2D eigenvalue weighted by atomic mass is 10.1. The highest BCUT2D eigenvalue weighted by molar-refractivity contribution is 5.94. The second kappa shape index (κ2) is 8.64. The summed E-state index contributed by atoms with van der Waals surface area (Å²) in [5.74, 6) is 0.0314. The molecule has 0 unspecified atom stereocenters. The molecule has 2 aromatic carbocycles. The predicted octanol–water partition coefficient (Wildman–Crippen LogP) is 3.38. The number of nitriles is 1. The standard InChI is InChI=1S/C21H18N4O3/c1-28-18-5-3-2-4-15(18)10-11-23-21-24-13-17(20(26)27)19(25-21)16-8-6-14(12-22)7-9-16/h2-9,13H,10-11H2,1H3,(H,26,27)(H,23,24,25). The molecule has 0 spiro atoms. The highest BCUT2D eigenvalue weighted by Gasteiger charge is 2.15. The lowest BCUT2D eigenvalue weighted by Gasteiger charge is -2.11. The van der Waals surface area contributed by atoms with Crippen LogP contribution in [0.4, 0.5) is 5.95 Å². The molecule has 3 rings (SSSR count). The third kappa shape index (κ3) is 4.24. The quantitative estimate of drug-likeness (QED) is 0.652. The Morgan fingerprint density at radius 3 is 2.64 bits per heavy atom. The minimum atomic E-state index is -1.11. The minimum Gasteiger partial charge on any atom is -0.496 e. The summed E-state index contributed by atoms with van der Waals surface area (Å²) >= 11 is 0. The van der Waals surface area contributed by atoms with Gasteiger partial charge in [-0.15, -0.1) is 0 Å². The highest BCUT2D eigenvalue weighted by atomic mass is 16.5. The molecule has 140 valence electrons. The van der Waals surface area contributed by atoms with Crippen molar-refractivity contribution in [3.63, 3.8) is 0 Å². The smallest absolute Gasteiger partial charge is 0.339 e. The number of para-hydroxylation sites is 1. The van der Waals surface area contributed by atoms with Crippen molar-refractivity contribution < 1.29 is 14.6 Å². The van der Waals surface area contributed by atoms with Crippen LogP contribution in [0.1, 0.15) is 21.5 Å². The maximum absolute atomic E-state index is 11.5. The second-order valence-corrected chi connectivity index (χ2v) is 5.94. The number of methoxy groups -OCH3 is 1. The van der Waals surface area contributed by atoms with Crippen LogP contribution in [0.25, 0.3) is 11.3 Å². The van der Waals surface area contributed by atoms with E-state index in [2.05, 4.69) is 15.3 Å². The number of carboxylic acids is 1. The number of nitrogens with one attached hydrogen (secondary N) is 1. The first kappa shape index (κ1) is 18.9. The molecule has 0 aliphatic rings.